The van der Waals surface area contributed by atoms with Crippen LogP contribution in [-0.4, -0.2) is 5.78 Å². The molecule has 0 amide bonds. The lowest BCUT2D eigenvalue weighted by atomic mass is 10.1. The summed E-state index contributed by atoms with van der Waals surface area (Å²) in [5, 5.41) is 0. The van der Waals surface area contributed by atoms with E-state index in [0.717, 1.165) is 17.7 Å². The number of thiophene rings is 1. The first-order valence-corrected chi connectivity index (χ1v) is 6.77. The summed E-state index contributed by atoms with van der Waals surface area (Å²) in [6.07, 6.45) is 2.43. The van der Waals surface area contributed by atoms with E-state index in [0.29, 0.717) is 10.8 Å². The Bertz CT molecular complexity index is 490. The highest BCUT2D eigenvalue weighted by Gasteiger charge is 2.08. The monoisotopic (exact) mass is 264 g/mol. The van der Waals surface area contributed by atoms with Crippen LogP contribution in [0.15, 0.2) is 42.5 Å². The van der Waals surface area contributed by atoms with Gasteiger partial charge in [-0.3, -0.25) is 4.79 Å². The highest BCUT2D eigenvalue weighted by atomic mass is 35.5. The molecule has 88 valence electrons. The van der Waals surface area contributed by atoms with E-state index < -0.39 is 0 Å². The first-order valence-electron chi connectivity index (χ1n) is 5.58. The Labute approximate surface area is 110 Å². The van der Waals surface area contributed by atoms with Crippen LogP contribution in [0, 0.1) is 0 Å². The summed E-state index contributed by atoms with van der Waals surface area (Å²) in [6.45, 7) is 0. The van der Waals surface area contributed by atoms with Crippen LogP contribution >= 0.6 is 22.9 Å². The van der Waals surface area contributed by atoms with Crippen LogP contribution in [0.4, 0.5) is 0 Å². The highest BCUT2D eigenvalue weighted by molar-refractivity contribution is 7.18. The van der Waals surface area contributed by atoms with Gasteiger partial charge < -0.3 is 0 Å². The summed E-state index contributed by atoms with van der Waals surface area (Å²) in [4.78, 5) is 12.6. The van der Waals surface area contributed by atoms with E-state index in [9.17, 15) is 4.79 Å². The van der Waals surface area contributed by atoms with E-state index in [1.165, 1.54) is 16.9 Å². The topological polar surface area (TPSA) is 17.1 Å². The minimum absolute atomic E-state index is 0.192. The van der Waals surface area contributed by atoms with Gasteiger partial charge in [0.1, 0.15) is 0 Å². The number of carbonyl (C=O) groups is 1. The average molecular weight is 265 g/mol. The number of ketones is 1. The van der Waals surface area contributed by atoms with Crippen molar-refractivity contribution in [3.05, 3.63) is 57.2 Å². The second kappa shape index (κ2) is 5.99. The van der Waals surface area contributed by atoms with Gasteiger partial charge in [-0.2, -0.15) is 0 Å². The van der Waals surface area contributed by atoms with Gasteiger partial charge in [0.25, 0.3) is 0 Å². The Morgan fingerprint density at radius 2 is 1.88 bits per heavy atom. The van der Waals surface area contributed by atoms with Gasteiger partial charge in [-0.1, -0.05) is 41.9 Å². The smallest absolute Gasteiger partial charge is 0.172 e. The fourth-order valence-electron chi connectivity index (χ4n) is 1.69. The first-order chi connectivity index (χ1) is 8.25. The third-order valence-electron chi connectivity index (χ3n) is 2.56. The third-order valence-corrected chi connectivity index (χ3v) is 3.83. The lowest BCUT2D eigenvalue weighted by Crippen LogP contribution is -1.97. The summed E-state index contributed by atoms with van der Waals surface area (Å²) in [5.74, 6) is 0.192. The van der Waals surface area contributed by atoms with Crippen molar-refractivity contribution in [2.45, 2.75) is 19.3 Å². The van der Waals surface area contributed by atoms with E-state index in [4.69, 9.17) is 11.6 Å². The Morgan fingerprint density at radius 3 is 2.53 bits per heavy atom. The van der Waals surface area contributed by atoms with Crippen LogP contribution in [0.5, 0.6) is 0 Å². The zero-order chi connectivity index (χ0) is 12.1. The Hall–Kier alpha value is -1.12. The normalized spacial score (nSPS) is 10.4. The second-order valence-electron chi connectivity index (χ2n) is 3.87. The number of hydrogen-bond acceptors (Lipinski definition) is 2. The quantitative estimate of drug-likeness (QED) is 0.721. The van der Waals surface area contributed by atoms with Crippen LogP contribution in [0.2, 0.25) is 4.34 Å². The van der Waals surface area contributed by atoms with Crippen molar-refractivity contribution in [3.8, 4) is 0 Å². The van der Waals surface area contributed by atoms with Crippen molar-refractivity contribution in [1.29, 1.82) is 0 Å². The summed E-state index contributed by atoms with van der Waals surface area (Å²) >= 11 is 7.16. The molecule has 0 radical (unpaired) electrons. The molecule has 0 aliphatic rings. The average Bonchev–Trinajstić information content (AvgIpc) is 2.77. The van der Waals surface area contributed by atoms with Gasteiger partial charge >= 0.3 is 0 Å². The van der Waals surface area contributed by atoms with Gasteiger partial charge in [0.15, 0.2) is 5.78 Å². The van der Waals surface area contributed by atoms with E-state index in [2.05, 4.69) is 12.1 Å². The van der Waals surface area contributed by atoms with Gasteiger partial charge in [-0.05, 0) is 30.5 Å². The Kier molecular flexibility index (Phi) is 4.35. The SMILES string of the molecule is O=C(CCCc1ccccc1)c1ccc(Cl)s1. The molecule has 1 nitrogen and oxygen atoms in total. The molecule has 2 rings (SSSR count). The summed E-state index contributed by atoms with van der Waals surface area (Å²) in [5.41, 5.74) is 1.28. The molecule has 2 aromatic rings. The standard InChI is InChI=1S/C14H13ClOS/c15-14-10-9-13(17-14)12(16)8-4-7-11-5-2-1-3-6-11/h1-3,5-6,9-10H,4,7-8H2. The Balaban J connectivity index is 1.81. The fourth-order valence-corrected chi connectivity index (χ4v) is 2.70. The molecule has 1 aromatic carbocycles. The Morgan fingerprint density at radius 1 is 1.12 bits per heavy atom. The summed E-state index contributed by atoms with van der Waals surface area (Å²) in [7, 11) is 0. The predicted octanol–water partition coefficient (Wildman–Crippen LogP) is 4.61. The van der Waals surface area contributed by atoms with Crippen LogP contribution in [0.3, 0.4) is 0 Å². The third kappa shape index (κ3) is 3.69. The molecule has 1 heterocycles. The van der Waals surface area contributed by atoms with Crippen LogP contribution in [0.1, 0.15) is 28.1 Å². The zero-order valence-corrected chi connectivity index (χ0v) is 10.9. The van der Waals surface area contributed by atoms with Gasteiger partial charge in [-0.25, -0.2) is 0 Å². The van der Waals surface area contributed by atoms with Gasteiger partial charge in [0.2, 0.25) is 0 Å². The lowest BCUT2D eigenvalue weighted by Gasteiger charge is -2.00. The van der Waals surface area contributed by atoms with E-state index in [1.54, 1.807) is 12.1 Å². The van der Waals surface area contributed by atoms with Crippen molar-refractivity contribution in [2.75, 3.05) is 0 Å². The molecule has 1 aromatic heterocycles. The number of aryl methyl sites for hydroxylation is 1. The number of hydrogen-bond donors (Lipinski definition) is 0. The minimum Gasteiger partial charge on any atom is -0.293 e. The minimum atomic E-state index is 0.192. The molecule has 0 N–H and O–H groups in total. The first kappa shape index (κ1) is 12.3. The molecule has 17 heavy (non-hydrogen) atoms. The second-order valence-corrected chi connectivity index (χ2v) is 5.58. The maximum atomic E-state index is 11.8. The van der Waals surface area contributed by atoms with Crippen molar-refractivity contribution in [1.82, 2.24) is 0 Å². The predicted molar refractivity (Wildman–Crippen MR) is 73.0 cm³/mol. The molecular formula is C14H13ClOS. The molecule has 0 spiro atoms. The van der Waals surface area contributed by atoms with E-state index in [1.807, 2.05) is 18.2 Å². The molecule has 0 bridgehead atoms. The molecule has 0 unspecified atom stereocenters. The van der Waals surface area contributed by atoms with Crippen molar-refractivity contribution < 1.29 is 4.79 Å². The number of Topliss-reactive ketones (excluding diaryl/α,β-unsaturated/α-hetero) is 1. The molecule has 0 aliphatic heterocycles. The maximum absolute atomic E-state index is 11.8. The fraction of sp³-hybridized carbons (Fsp3) is 0.214. The number of benzene rings is 1. The largest absolute Gasteiger partial charge is 0.293 e. The summed E-state index contributed by atoms with van der Waals surface area (Å²) < 4.78 is 0.677. The van der Waals surface area contributed by atoms with Gasteiger partial charge in [0.05, 0.1) is 9.21 Å². The summed E-state index contributed by atoms with van der Waals surface area (Å²) in [6, 6.07) is 13.8. The van der Waals surface area contributed by atoms with Crippen molar-refractivity contribution >= 4 is 28.7 Å². The van der Waals surface area contributed by atoms with Crippen molar-refractivity contribution in [2.24, 2.45) is 0 Å². The molecule has 0 fully saturated rings. The molecule has 0 atom stereocenters. The maximum Gasteiger partial charge on any atom is 0.172 e. The van der Waals surface area contributed by atoms with Crippen LogP contribution < -0.4 is 0 Å². The van der Waals surface area contributed by atoms with Crippen LogP contribution in [0.25, 0.3) is 0 Å². The zero-order valence-electron chi connectivity index (χ0n) is 9.36. The number of rotatable bonds is 5. The van der Waals surface area contributed by atoms with Gasteiger partial charge in [-0.15, -0.1) is 11.3 Å². The highest BCUT2D eigenvalue weighted by Crippen LogP contribution is 2.23. The molecule has 0 saturated heterocycles. The number of halogens is 1. The lowest BCUT2D eigenvalue weighted by molar-refractivity contribution is 0.0984. The molecular weight excluding hydrogens is 252 g/mol. The molecule has 3 heteroatoms. The van der Waals surface area contributed by atoms with E-state index in [-0.39, 0.29) is 5.78 Å². The molecule has 0 saturated carbocycles. The van der Waals surface area contributed by atoms with Crippen molar-refractivity contribution in [3.63, 3.8) is 0 Å². The molecule has 0 aliphatic carbocycles. The number of carbonyl (C=O) groups excluding carboxylic acids is 1. The van der Waals surface area contributed by atoms with Crippen LogP contribution in [-0.2, 0) is 6.42 Å². The van der Waals surface area contributed by atoms with Gasteiger partial charge in [0, 0.05) is 6.42 Å². The van der Waals surface area contributed by atoms with E-state index >= 15 is 0 Å².